The van der Waals surface area contributed by atoms with Crippen LogP contribution in [0.15, 0.2) is 36.4 Å². The Bertz CT molecular complexity index is 1080. The van der Waals surface area contributed by atoms with Crippen molar-refractivity contribution in [1.82, 2.24) is 0 Å². The van der Waals surface area contributed by atoms with E-state index in [1.807, 2.05) is 6.07 Å². The lowest BCUT2D eigenvalue weighted by Crippen LogP contribution is -2.55. The van der Waals surface area contributed by atoms with Crippen LogP contribution in [-0.2, 0) is 6.42 Å². The predicted octanol–water partition coefficient (Wildman–Crippen LogP) is 6.93. The number of rotatable bonds is 4. The highest BCUT2D eigenvalue weighted by Crippen LogP contribution is 2.60. The lowest BCUT2D eigenvalue weighted by atomic mass is 9.49. The topological polar surface area (TPSA) is 64.4 Å². The van der Waals surface area contributed by atoms with Crippen molar-refractivity contribution in [2.45, 2.75) is 63.6 Å². The van der Waals surface area contributed by atoms with Gasteiger partial charge in [0.15, 0.2) is 0 Å². The standard InChI is InChI=1S/C26H30ClFN2O3/c1-26-10-9-20-19-7-5-18(33-2)11-15(19)3-6-21(20)22(26)12-16(28)13-25(26)29-17-4-8-23(27)24(14-17)30(31)32/h4-5,7-8,11,14,16,20-22,25,29H,3,6,9-10,12-13H2,1-2H3/t16-,20-,21-,22+,25-,26-/m1/s1. The first-order valence-electron chi connectivity index (χ1n) is 11.8. The minimum atomic E-state index is -0.876. The van der Waals surface area contributed by atoms with Gasteiger partial charge in [0, 0.05) is 17.8 Å². The molecule has 2 aromatic carbocycles. The summed E-state index contributed by atoms with van der Waals surface area (Å²) < 4.78 is 20.5. The number of ether oxygens (including phenoxy) is 1. The molecule has 3 aliphatic carbocycles. The number of nitro groups is 1. The molecule has 0 saturated heterocycles. The first-order chi connectivity index (χ1) is 15.8. The van der Waals surface area contributed by atoms with Crippen molar-refractivity contribution in [1.29, 1.82) is 0 Å². The third kappa shape index (κ3) is 3.86. The second kappa shape index (κ2) is 8.46. The summed E-state index contributed by atoms with van der Waals surface area (Å²) in [5.74, 6) is 2.08. The number of aryl methyl sites for hydroxylation is 1. The van der Waals surface area contributed by atoms with Gasteiger partial charge in [-0.3, -0.25) is 10.1 Å². The molecule has 0 spiro atoms. The van der Waals surface area contributed by atoms with Gasteiger partial charge in [0.2, 0.25) is 0 Å². The lowest BCUT2D eigenvalue weighted by molar-refractivity contribution is -0.384. The highest BCUT2D eigenvalue weighted by Gasteiger charge is 2.55. The van der Waals surface area contributed by atoms with Crippen molar-refractivity contribution in [3.8, 4) is 5.75 Å². The number of halogens is 2. The van der Waals surface area contributed by atoms with Gasteiger partial charge < -0.3 is 10.1 Å². The Morgan fingerprint density at radius 1 is 1.21 bits per heavy atom. The summed E-state index contributed by atoms with van der Waals surface area (Å²) in [7, 11) is 1.70. The van der Waals surface area contributed by atoms with E-state index in [0.29, 0.717) is 30.4 Å². The van der Waals surface area contributed by atoms with Gasteiger partial charge in [0.1, 0.15) is 16.9 Å². The Hall–Kier alpha value is -2.34. The number of benzene rings is 2. The molecule has 176 valence electrons. The van der Waals surface area contributed by atoms with Crippen LogP contribution in [-0.4, -0.2) is 24.2 Å². The van der Waals surface area contributed by atoms with Crippen LogP contribution in [0.3, 0.4) is 0 Å². The predicted molar refractivity (Wildman–Crippen MR) is 128 cm³/mol. The monoisotopic (exact) mass is 472 g/mol. The zero-order chi connectivity index (χ0) is 23.3. The Balaban J connectivity index is 1.43. The van der Waals surface area contributed by atoms with E-state index in [2.05, 4.69) is 24.4 Å². The maximum atomic E-state index is 15.1. The summed E-state index contributed by atoms with van der Waals surface area (Å²) in [6.45, 7) is 2.30. The van der Waals surface area contributed by atoms with Crippen molar-refractivity contribution in [2.75, 3.05) is 12.4 Å². The van der Waals surface area contributed by atoms with Gasteiger partial charge in [-0.25, -0.2) is 4.39 Å². The lowest BCUT2D eigenvalue weighted by Gasteiger charge is -2.58. The number of hydrogen-bond acceptors (Lipinski definition) is 4. The summed E-state index contributed by atoms with van der Waals surface area (Å²) in [4.78, 5) is 10.9. The molecule has 33 heavy (non-hydrogen) atoms. The zero-order valence-corrected chi connectivity index (χ0v) is 19.8. The van der Waals surface area contributed by atoms with Crippen LogP contribution in [0.5, 0.6) is 5.75 Å². The largest absolute Gasteiger partial charge is 0.497 e. The zero-order valence-electron chi connectivity index (χ0n) is 19.0. The average Bonchev–Trinajstić information content (AvgIpc) is 2.80. The van der Waals surface area contributed by atoms with Crippen LogP contribution in [0.1, 0.15) is 56.1 Å². The van der Waals surface area contributed by atoms with Crippen LogP contribution in [0.2, 0.25) is 5.02 Å². The number of nitrogens with zero attached hydrogens (tertiary/aromatic N) is 1. The molecule has 2 saturated carbocycles. The molecule has 2 aromatic rings. The maximum Gasteiger partial charge on any atom is 0.289 e. The van der Waals surface area contributed by atoms with Crippen LogP contribution in [0.4, 0.5) is 15.8 Å². The number of anilines is 1. The summed E-state index contributed by atoms with van der Waals surface area (Å²) in [6, 6.07) is 11.1. The Labute approximate surface area is 198 Å². The van der Waals surface area contributed by atoms with Crippen LogP contribution >= 0.6 is 11.6 Å². The molecule has 0 aliphatic heterocycles. The smallest absolute Gasteiger partial charge is 0.289 e. The van der Waals surface area contributed by atoms with E-state index in [1.54, 1.807) is 19.2 Å². The Morgan fingerprint density at radius 2 is 2.03 bits per heavy atom. The van der Waals surface area contributed by atoms with Gasteiger partial charge in [0.25, 0.3) is 5.69 Å². The fraction of sp³-hybridized carbons (Fsp3) is 0.538. The fourth-order valence-corrected chi connectivity index (χ4v) is 7.16. The van der Waals surface area contributed by atoms with E-state index in [4.69, 9.17) is 16.3 Å². The van der Waals surface area contributed by atoms with E-state index >= 15 is 4.39 Å². The van der Waals surface area contributed by atoms with Crippen LogP contribution < -0.4 is 10.1 Å². The molecule has 5 nitrogen and oxygen atoms in total. The van der Waals surface area contributed by atoms with Gasteiger partial charge >= 0.3 is 0 Å². The summed E-state index contributed by atoms with van der Waals surface area (Å²) >= 11 is 5.99. The molecule has 0 amide bonds. The van der Waals surface area contributed by atoms with Crippen molar-refractivity contribution in [3.63, 3.8) is 0 Å². The molecule has 6 atom stereocenters. The van der Waals surface area contributed by atoms with E-state index in [-0.39, 0.29) is 28.1 Å². The molecule has 1 N–H and O–H groups in total. The van der Waals surface area contributed by atoms with Crippen molar-refractivity contribution >= 4 is 23.0 Å². The number of nitrogens with one attached hydrogen (secondary N) is 1. The van der Waals surface area contributed by atoms with Gasteiger partial charge in [0.05, 0.1) is 12.0 Å². The number of alkyl halides is 1. The van der Waals surface area contributed by atoms with Crippen molar-refractivity contribution in [2.24, 2.45) is 17.3 Å². The first kappa shape index (κ1) is 22.5. The molecular weight excluding hydrogens is 443 g/mol. The normalized spacial score (nSPS) is 32.8. The summed E-state index contributed by atoms with van der Waals surface area (Å²) in [6.07, 6.45) is 4.29. The molecule has 7 heteroatoms. The highest BCUT2D eigenvalue weighted by atomic mass is 35.5. The van der Waals surface area contributed by atoms with E-state index in [9.17, 15) is 10.1 Å². The summed E-state index contributed by atoms with van der Waals surface area (Å²) in [5.41, 5.74) is 3.22. The second-order valence-corrected chi connectivity index (χ2v) is 10.6. The van der Waals surface area contributed by atoms with Gasteiger partial charge in [-0.1, -0.05) is 24.6 Å². The average molecular weight is 473 g/mol. The number of fused-ring (bicyclic) bond motifs is 5. The molecule has 5 rings (SSSR count). The van der Waals surface area contributed by atoms with Gasteiger partial charge in [-0.2, -0.15) is 0 Å². The van der Waals surface area contributed by atoms with E-state index in [0.717, 1.165) is 31.4 Å². The third-order valence-corrected chi connectivity index (χ3v) is 8.97. The molecule has 3 aliphatic rings. The van der Waals surface area contributed by atoms with Crippen LogP contribution in [0, 0.1) is 27.4 Å². The number of hydrogen-bond donors (Lipinski definition) is 1. The molecule has 0 aromatic heterocycles. The number of methoxy groups -OCH3 is 1. The number of nitro benzene ring substituents is 1. The molecular formula is C26H30ClFN2O3. The van der Waals surface area contributed by atoms with Gasteiger partial charge in [-0.05, 0) is 97.1 Å². The highest BCUT2D eigenvalue weighted by molar-refractivity contribution is 6.32. The Kier molecular flexibility index (Phi) is 5.76. The maximum absolute atomic E-state index is 15.1. The van der Waals surface area contributed by atoms with E-state index < -0.39 is 11.1 Å². The van der Waals surface area contributed by atoms with Crippen LogP contribution in [0.25, 0.3) is 0 Å². The summed E-state index contributed by atoms with van der Waals surface area (Å²) in [5, 5.41) is 14.9. The molecule has 2 fully saturated rings. The molecule has 0 bridgehead atoms. The van der Waals surface area contributed by atoms with Crippen molar-refractivity contribution in [3.05, 3.63) is 62.7 Å². The first-order valence-corrected chi connectivity index (χ1v) is 12.2. The molecule has 0 radical (unpaired) electrons. The quantitative estimate of drug-likeness (QED) is 0.387. The fourth-order valence-electron chi connectivity index (χ4n) is 6.97. The minimum Gasteiger partial charge on any atom is -0.497 e. The second-order valence-electron chi connectivity index (χ2n) is 10.2. The van der Waals surface area contributed by atoms with Gasteiger partial charge in [-0.15, -0.1) is 0 Å². The van der Waals surface area contributed by atoms with Crippen molar-refractivity contribution < 1.29 is 14.1 Å². The minimum absolute atomic E-state index is 0.0673. The SMILES string of the molecule is COc1ccc2c(c1)CC[C@@H]1[C@@H]2CC[C@@]2(C)[C@H](Nc3ccc(Cl)c([N+](=O)[O-])c3)C[C@H](F)C[C@@H]12. The van der Waals surface area contributed by atoms with E-state index in [1.165, 1.54) is 17.2 Å². The molecule has 0 unspecified atom stereocenters. The third-order valence-electron chi connectivity index (χ3n) is 8.65. The molecule has 0 heterocycles. The Morgan fingerprint density at radius 3 is 2.79 bits per heavy atom.